The Hall–Kier alpha value is -1.72. The molecule has 1 atom stereocenters. The summed E-state index contributed by atoms with van der Waals surface area (Å²) in [5, 5.41) is 7.63. The van der Waals surface area contributed by atoms with Crippen molar-refractivity contribution >= 4 is 17.2 Å². The number of thiophene rings is 1. The minimum atomic E-state index is 0.218. The molecule has 2 aliphatic rings. The molecule has 0 aromatic carbocycles. The molecule has 0 unspecified atom stereocenters. The summed E-state index contributed by atoms with van der Waals surface area (Å²) in [6.45, 7) is 3.45. The van der Waals surface area contributed by atoms with Crippen LogP contribution in [0.4, 0.5) is 0 Å². The number of nitrogens with one attached hydrogen (secondary N) is 1. The predicted molar refractivity (Wildman–Crippen MR) is 95.5 cm³/mol. The van der Waals surface area contributed by atoms with Gasteiger partial charge in [-0.25, -0.2) is 0 Å². The minimum Gasteiger partial charge on any atom is -0.334 e. The van der Waals surface area contributed by atoms with Gasteiger partial charge < -0.3 is 10.2 Å². The fraction of sp³-hybridized carbons (Fsp3) is 0.474. The number of hydrogen-bond acceptors (Lipinski definition) is 4. The van der Waals surface area contributed by atoms with Crippen molar-refractivity contribution in [3.63, 3.8) is 0 Å². The minimum absolute atomic E-state index is 0.218. The quantitative estimate of drug-likeness (QED) is 0.909. The predicted octanol–water partition coefficient (Wildman–Crippen LogP) is 3.06. The molecule has 5 heteroatoms. The van der Waals surface area contributed by atoms with Crippen LogP contribution in [0, 0.1) is 11.3 Å². The molecule has 1 amide bonds. The molecule has 4 nitrogen and oxygen atoms in total. The Balaban J connectivity index is 1.50. The molecule has 1 aliphatic heterocycles. The third kappa shape index (κ3) is 3.23. The summed E-state index contributed by atoms with van der Waals surface area (Å²) in [5.41, 5.74) is 2.60. The van der Waals surface area contributed by atoms with Crippen LogP contribution in [0.15, 0.2) is 41.4 Å². The zero-order valence-corrected chi connectivity index (χ0v) is 14.6. The van der Waals surface area contributed by atoms with Crippen LogP contribution in [0.1, 0.15) is 30.4 Å². The molecular formula is C19H23N3OS. The van der Waals surface area contributed by atoms with Gasteiger partial charge in [-0.2, -0.15) is 11.3 Å². The standard InChI is InChI=1S/C19H23N3OS/c23-18(17-10-19(17)4-7-20-8-5-19)22(13-16-3-9-24-14-16)12-15-2-1-6-21-11-15/h1-3,6,9,11,14,17,20H,4-5,7-8,10,12-13H2/t17-/m1/s1. The molecular weight excluding hydrogens is 318 g/mol. The lowest BCUT2D eigenvalue weighted by Crippen LogP contribution is -2.36. The highest BCUT2D eigenvalue weighted by Gasteiger charge is 2.58. The van der Waals surface area contributed by atoms with Gasteiger partial charge in [0.25, 0.3) is 0 Å². The van der Waals surface area contributed by atoms with Crippen LogP contribution in [0.2, 0.25) is 0 Å². The summed E-state index contributed by atoms with van der Waals surface area (Å²) in [7, 11) is 0. The van der Waals surface area contributed by atoms with Crippen molar-refractivity contribution in [3.05, 3.63) is 52.5 Å². The van der Waals surface area contributed by atoms with E-state index in [1.807, 2.05) is 23.2 Å². The first-order chi connectivity index (χ1) is 11.8. The van der Waals surface area contributed by atoms with Crippen LogP contribution in [0.5, 0.6) is 0 Å². The third-order valence-electron chi connectivity index (χ3n) is 5.45. The lowest BCUT2D eigenvalue weighted by atomic mass is 9.91. The summed E-state index contributed by atoms with van der Waals surface area (Å²) in [6, 6.07) is 6.10. The average Bonchev–Trinajstić information content (AvgIpc) is 3.05. The lowest BCUT2D eigenvalue weighted by molar-refractivity contribution is -0.135. The number of rotatable bonds is 5. The molecule has 1 spiro atoms. The Morgan fingerprint density at radius 2 is 2.12 bits per heavy atom. The van der Waals surface area contributed by atoms with E-state index < -0.39 is 0 Å². The molecule has 1 saturated carbocycles. The molecule has 1 saturated heterocycles. The highest BCUT2D eigenvalue weighted by atomic mass is 32.1. The number of nitrogens with zero attached hydrogens (tertiary/aromatic N) is 2. The second-order valence-electron chi connectivity index (χ2n) is 7.06. The van der Waals surface area contributed by atoms with Gasteiger partial charge in [-0.15, -0.1) is 0 Å². The summed E-state index contributed by atoms with van der Waals surface area (Å²) in [6.07, 6.45) is 6.99. The maximum atomic E-state index is 13.2. The fourth-order valence-corrected chi connectivity index (χ4v) is 4.58. The Morgan fingerprint density at radius 3 is 2.83 bits per heavy atom. The number of aromatic nitrogens is 1. The molecule has 0 radical (unpaired) electrons. The zero-order chi connectivity index (χ0) is 16.4. The summed E-state index contributed by atoms with van der Waals surface area (Å²) in [5.74, 6) is 0.543. The molecule has 2 fully saturated rings. The highest BCUT2D eigenvalue weighted by molar-refractivity contribution is 7.07. The van der Waals surface area contributed by atoms with Crippen LogP contribution in [0.25, 0.3) is 0 Å². The first-order valence-electron chi connectivity index (χ1n) is 8.66. The van der Waals surface area contributed by atoms with Crippen molar-refractivity contribution in [2.24, 2.45) is 11.3 Å². The van der Waals surface area contributed by atoms with Gasteiger partial charge in [0, 0.05) is 31.4 Å². The van der Waals surface area contributed by atoms with Gasteiger partial charge >= 0.3 is 0 Å². The molecule has 1 aliphatic carbocycles. The van der Waals surface area contributed by atoms with Gasteiger partial charge in [-0.1, -0.05) is 6.07 Å². The van der Waals surface area contributed by atoms with Gasteiger partial charge in [-0.05, 0) is 71.8 Å². The van der Waals surface area contributed by atoms with Gasteiger partial charge in [0.05, 0.1) is 0 Å². The smallest absolute Gasteiger partial charge is 0.226 e. The van der Waals surface area contributed by atoms with Crippen molar-refractivity contribution in [3.8, 4) is 0 Å². The first-order valence-corrected chi connectivity index (χ1v) is 9.61. The van der Waals surface area contributed by atoms with Crippen LogP contribution in [-0.4, -0.2) is 28.9 Å². The number of piperidine rings is 1. The largest absolute Gasteiger partial charge is 0.334 e. The van der Waals surface area contributed by atoms with Gasteiger partial charge in [-0.3, -0.25) is 9.78 Å². The fourth-order valence-electron chi connectivity index (χ4n) is 3.92. The SMILES string of the molecule is O=C([C@H]1CC12CCNCC2)N(Cc1cccnc1)Cc1ccsc1. The molecule has 126 valence electrons. The number of pyridine rings is 1. The van der Waals surface area contributed by atoms with Crippen LogP contribution < -0.4 is 5.32 Å². The maximum Gasteiger partial charge on any atom is 0.226 e. The van der Waals surface area contributed by atoms with Crippen molar-refractivity contribution in [1.82, 2.24) is 15.2 Å². The van der Waals surface area contributed by atoms with E-state index in [0.29, 0.717) is 19.0 Å². The second kappa shape index (κ2) is 6.65. The van der Waals surface area contributed by atoms with Crippen LogP contribution in [-0.2, 0) is 17.9 Å². The van der Waals surface area contributed by atoms with Crippen molar-refractivity contribution in [2.45, 2.75) is 32.4 Å². The Labute approximate surface area is 146 Å². The third-order valence-corrected chi connectivity index (χ3v) is 6.18. The number of carbonyl (C=O) groups excluding carboxylic acids is 1. The topological polar surface area (TPSA) is 45.2 Å². The number of amides is 1. The van der Waals surface area contributed by atoms with E-state index in [2.05, 4.69) is 27.1 Å². The molecule has 2 aromatic rings. The van der Waals surface area contributed by atoms with E-state index in [9.17, 15) is 4.79 Å². The highest BCUT2D eigenvalue weighted by Crippen LogP contribution is 2.59. The summed E-state index contributed by atoms with van der Waals surface area (Å²) >= 11 is 1.69. The van der Waals surface area contributed by atoms with Gasteiger partial charge in [0.1, 0.15) is 0 Å². The monoisotopic (exact) mass is 341 g/mol. The van der Waals surface area contributed by atoms with Crippen LogP contribution >= 0.6 is 11.3 Å². The van der Waals surface area contributed by atoms with Gasteiger partial charge in [0.2, 0.25) is 5.91 Å². The Bertz CT molecular complexity index is 680. The zero-order valence-electron chi connectivity index (χ0n) is 13.8. The average molecular weight is 341 g/mol. The van der Waals surface area contributed by atoms with E-state index in [1.165, 1.54) is 5.56 Å². The Morgan fingerprint density at radius 1 is 1.29 bits per heavy atom. The summed E-state index contributed by atoms with van der Waals surface area (Å²) in [4.78, 5) is 19.4. The second-order valence-corrected chi connectivity index (χ2v) is 7.84. The molecule has 0 bridgehead atoms. The van der Waals surface area contributed by atoms with E-state index in [4.69, 9.17) is 0 Å². The van der Waals surface area contributed by atoms with E-state index in [-0.39, 0.29) is 11.3 Å². The molecule has 24 heavy (non-hydrogen) atoms. The molecule has 2 aromatic heterocycles. The number of hydrogen-bond donors (Lipinski definition) is 1. The first kappa shape index (κ1) is 15.8. The van der Waals surface area contributed by atoms with Crippen molar-refractivity contribution < 1.29 is 4.79 Å². The molecule has 1 N–H and O–H groups in total. The number of carbonyl (C=O) groups is 1. The van der Waals surface area contributed by atoms with Gasteiger partial charge in [0.15, 0.2) is 0 Å². The van der Waals surface area contributed by atoms with E-state index in [1.54, 1.807) is 17.5 Å². The summed E-state index contributed by atoms with van der Waals surface area (Å²) < 4.78 is 0. The normalized spacial score (nSPS) is 21.6. The van der Waals surface area contributed by atoms with Crippen molar-refractivity contribution in [1.29, 1.82) is 0 Å². The van der Waals surface area contributed by atoms with E-state index >= 15 is 0 Å². The lowest BCUT2D eigenvalue weighted by Gasteiger charge is -2.27. The molecule has 3 heterocycles. The maximum absolute atomic E-state index is 13.2. The Kier molecular flexibility index (Phi) is 4.37. The van der Waals surface area contributed by atoms with Crippen molar-refractivity contribution in [2.75, 3.05) is 13.1 Å². The van der Waals surface area contributed by atoms with E-state index in [0.717, 1.165) is 37.9 Å². The van der Waals surface area contributed by atoms with Crippen LogP contribution in [0.3, 0.4) is 0 Å². The molecule has 4 rings (SSSR count).